The average molecular weight is 563 g/mol. The van der Waals surface area contributed by atoms with E-state index < -0.39 is 70.7 Å². The monoisotopic (exact) mass is 562 g/mol. The van der Waals surface area contributed by atoms with E-state index in [4.69, 9.17) is 14.2 Å². The zero-order valence-corrected chi connectivity index (χ0v) is 24.8. The lowest BCUT2D eigenvalue weighted by Crippen LogP contribution is -2.61. The summed E-state index contributed by atoms with van der Waals surface area (Å²) in [6.45, 7) is 12.7. The van der Waals surface area contributed by atoms with Gasteiger partial charge in [-0.25, -0.2) is 0 Å². The number of hydrogen-bond donors (Lipinski definition) is 3. The fourth-order valence-electron chi connectivity index (χ4n) is 8.88. The highest BCUT2D eigenvalue weighted by atomic mass is 16.6. The number of carbonyl (C=O) groups is 3. The standard InChI is InChI=1S/C31H46O9/c1-8-10-11-12-19(33)38-24-17(5)20-18-13-16(4)23(34)30(18,37)27(36)29(14-32)25(39-29)21(20)22-28(6,7)31(22,24)40-26(35)15(3)9-2/h13,15,17-18,20-22,24-25,27,32,36-37H,8-12,14H2,1-7H3. The van der Waals surface area contributed by atoms with Crippen LogP contribution in [-0.2, 0) is 28.6 Å². The first-order chi connectivity index (χ1) is 18.7. The Balaban J connectivity index is 1.63. The summed E-state index contributed by atoms with van der Waals surface area (Å²) < 4.78 is 18.8. The first kappa shape index (κ1) is 29.7. The van der Waals surface area contributed by atoms with Gasteiger partial charge in [-0.15, -0.1) is 0 Å². The Morgan fingerprint density at radius 2 is 1.85 bits per heavy atom. The summed E-state index contributed by atoms with van der Waals surface area (Å²) in [4.78, 5) is 39.9. The number of unbranched alkanes of at least 4 members (excludes halogenated alkanes) is 2. The van der Waals surface area contributed by atoms with Gasteiger partial charge in [0.1, 0.15) is 17.8 Å². The lowest BCUT2D eigenvalue weighted by atomic mass is 9.61. The number of ketones is 1. The average Bonchev–Trinajstić information content (AvgIpc) is 3.75. The maximum atomic E-state index is 13.4. The fourth-order valence-corrected chi connectivity index (χ4v) is 8.88. The number of fused-ring (bicyclic) bond motifs is 7. The van der Waals surface area contributed by atoms with Crippen LogP contribution in [0.3, 0.4) is 0 Å². The fraction of sp³-hybridized carbons (Fsp3) is 0.839. The van der Waals surface area contributed by atoms with Crippen LogP contribution >= 0.6 is 0 Å². The van der Waals surface area contributed by atoms with Gasteiger partial charge in [0, 0.05) is 29.6 Å². The normalized spacial score (nSPS) is 46.5. The summed E-state index contributed by atoms with van der Waals surface area (Å²) in [7, 11) is 0. The number of aliphatic hydroxyl groups is 3. The van der Waals surface area contributed by atoms with Crippen molar-refractivity contribution in [1.82, 2.24) is 0 Å². The second-order valence-corrected chi connectivity index (χ2v) is 13.7. The number of epoxide rings is 1. The van der Waals surface area contributed by atoms with Gasteiger partial charge in [-0.1, -0.05) is 60.5 Å². The molecular weight excluding hydrogens is 516 g/mol. The van der Waals surface area contributed by atoms with Crippen molar-refractivity contribution in [3.63, 3.8) is 0 Å². The maximum Gasteiger partial charge on any atom is 0.309 e. The van der Waals surface area contributed by atoms with Crippen LogP contribution in [0.25, 0.3) is 0 Å². The molecule has 5 rings (SSSR count). The molecule has 40 heavy (non-hydrogen) atoms. The molecule has 0 aromatic heterocycles. The van der Waals surface area contributed by atoms with Gasteiger partial charge in [0.25, 0.3) is 0 Å². The molecule has 3 N–H and O–H groups in total. The first-order valence-corrected chi connectivity index (χ1v) is 15.1. The minimum atomic E-state index is -2.18. The van der Waals surface area contributed by atoms with Gasteiger partial charge in [0.05, 0.1) is 18.6 Å². The van der Waals surface area contributed by atoms with E-state index in [0.717, 1.165) is 12.8 Å². The summed E-state index contributed by atoms with van der Waals surface area (Å²) >= 11 is 0. The van der Waals surface area contributed by atoms with Gasteiger partial charge in [-0.2, -0.15) is 0 Å². The van der Waals surface area contributed by atoms with Crippen LogP contribution in [0.2, 0.25) is 0 Å². The van der Waals surface area contributed by atoms with Crippen molar-refractivity contribution in [2.45, 2.75) is 116 Å². The van der Waals surface area contributed by atoms with E-state index in [9.17, 15) is 29.7 Å². The Morgan fingerprint density at radius 1 is 1.18 bits per heavy atom. The van der Waals surface area contributed by atoms with Crippen LogP contribution in [0.1, 0.15) is 80.6 Å². The van der Waals surface area contributed by atoms with E-state index in [1.807, 2.05) is 34.6 Å². The third-order valence-corrected chi connectivity index (χ3v) is 11.3. The maximum absolute atomic E-state index is 13.4. The van der Waals surface area contributed by atoms with Crippen molar-refractivity contribution in [2.75, 3.05) is 6.61 Å². The van der Waals surface area contributed by atoms with Crippen LogP contribution in [0.15, 0.2) is 11.6 Å². The molecule has 5 aliphatic rings. The Morgan fingerprint density at radius 3 is 2.45 bits per heavy atom. The van der Waals surface area contributed by atoms with E-state index in [1.54, 1.807) is 13.0 Å². The molecule has 0 bridgehead atoms. The lowest BCUT2D eigenvalue weighted by molar-refractivity contribution is -0.203. The van der Waals surface area contributed by atoms with Crippen LogP contribution in [0, 0.1) is 40.9 Å². The lowest BCUT2D eigenvalue weighted by Gasteiger charge is -2.48. The molecule has 9 heteroatoms. The molecule has 0 spiro atoms. The molecule has 0 amide bonds. The molecule has 4 aliphatic carbocycles. The molecule has 1 saturated heterocycles. The predicted octanol–water partition coefficient (Wildman–Crippen LogP) is 2.73. The predicted molar refractivity (Wildman–Crippen MR) is 144 cm³/mol. The largest absolute Gasteiger partial charge is 0.458 e. The quantitative estimate of drug-likeness (QED) is 0.220. The summed E-state index contributed by atoms with van der Waals surface area (Å²) in [5.74, 6) is -4.07. The van der Waals surface area contributed by atoms with Crippen LogP contribution in [0.4, 0.5) is 0 Å². The molecule has 12 unspecified atom stereocenters. The number of rotatable bonds is 9. The van der Waals surface area contributed by atoms with Crippen LogP contribution in [0.5, 0.6) is 0 Å². The van der Waals surface area contributed by atoms with Crippen molar-refractivity contribution in [3.05, 3.63) is 11.6 Å². The third kappa shape index (κ3) is 3.62. The van der Waals surface area contributed by atoms with Crippen molar-refractivity contribution >= 4 is 17.7 Å². The molecule has 224 valence electrons. The number of ether oxygens (including phenoxy) is 3. The number of aliphatic hydroxyl groups excluding tert-OH is 2. The number of hydrogen-bond acceptors (Lipinski definition) is 9. The Hall–Kier alpha value is -1.81. The van der Waals surface area contributed by atoms with Crippen molar-refractivity contribution < 1.29 is 43.9 Å². The topological polar surface area (TPSA) is 143 Å². The van der Waals surface area contributed by atoms with E-state index in [-0.39, 0.29) is 36.1 Å². The second kappa shape index (κ2) is 9.61. The van der Waals surface area contributed by atoms with Crippen LogP contribution < -0.4 is 0 Å². The molecule has 0 aromatic carbocycles. The Kier molecular flexibility index (Phi) is 7.13. The second-order valence-electron chi connectivity index (χ2n) is 13.7. The van der Waals surface area contributed by atoms with Crippen LogP contribution in [-0.4, -0.2) is 74.8 Å². The Bertz CT molecular complexity index is 1110. The molecule has 3 saturated carbocycles. The minimum absolute atomic E-state index is 0.245. The minimum Gasteiger partial charge on any atom is -0.458 e. The summed E-state index contributed by atoms with van der Waals surface area (Å²) in [6, 6.07) is 0. The van der Waals surface area contributed by atoms with Gasteiger partial charge >= 0.3 is 11.9 Å². The molecular formula is C31H46O9. The summed E-state index contributed by atoms with van der Waals surface area (Å²) in [6.07, 6.45) is 1.98. The highest BCUT2D eigenvalue weighted by Gasteiger charge is 2.90. The van der Waals surface area contributed by atoms with E-state index >= 15 is 0 Å². The zero-order chi connectivity index (χ0) is 29.6. The smallest absolute Gasteiger partial charge is 0.309 e. The number of carbonyl (C=O) groups excluding carboxylic acids is 3. The van der Waals surface area contributed by atoms with Gasteiger partial charge in [0.15, 0.2) is 17.0 Å². The Labute approximate surface area is 236 Å². The first-order valence-electron chi connectivity index (χ1n) is 15.1. The zero-order valence-electron chi connectivity index (χ0n) is 24.8. The van der Waals surface area contributed by atoms with E-state index in [1.165, 1.54) is 0 Å². The van der Waals surface area contributed by atoms with E-state index in [2.05, 4.69) is 6.92 Å². The van der Waals surface area contributed by atoms with Gasteiger partial charge in [0.2, 0.25) is 0 Å². The van der Waals surface area contributed by atoms with Gasteiger partial charge in [-0.3, -0.25) is 14.4 Å². The molecule has 0 radical (unpaired) electrons. The van der Waals surface area contributed by atoms with Gasteiger partial charge in [-0.05, 0) is 37.2 Å². The van der Waals surface area contributed by atoms with E-state index in [0.29, 0.717) is 18.4 Å². The molecule has 1 heterocycles. The molecule has 12 atom stereocenters. The summed E-state index contributed by atoms with van der Waals surface area (Å²) in [5, 5.41) is 34.0. The molecule has 1 aliphatic heterocycles. The molecule has 0 aromatic rings. The van der Waals surface area contributed by atoms with Crippen molar-refractivity contribution in [2.24, 2.45) is 40.9 Å². The van der Waals surface area contributed by atoms with Crippen molar-refractivity contribution in [3.8, 4) is 0 Å². The number of Topliss-reactive ketones (excluding diaryl/α,β-unsaturated/α-hetero) is 1. The molecule has 4 fully saturated rings. The molecule has 9 nitrogen and oxygen atoms in total. The SMILES string of the molecule is CCCCCC(=O)OC1C(C)C2C(C3OC3(CO)C(O)C3(O)C(=O)C(C)=CC23)C2C(C)(C)C12OC(=O)C(C)CC. The third-order valence-electron chi connectivity index (χ3n) is 11.3. The number of esters is 2. The highest BCUT2D eigenvalue weighted by Crippen LogP contribution is 2.79. The summed E-state index contributed by atoms with van der Waals surface area (Å²) in [5.41, 5.74) is -5.13. The highest BCUT2D eigenvalue weighted by molar-refractivity contribution is 6.05. The van der Waals surface area contributed by atoms with Crippen molar-refractivity contribution in [1.29, 1.82) is 0 Å². The van der Waals surface area contributed by atoms with Gasteiger partial charge < -0.3 is 29.5 Å².